The largest absolute Gasteiger partial charge is 0.497 e. The van der Waals surface area contributed by atoms with Gasteiger partial charge >= 0.3 is 6.09 Å². The molecule has 1 aromatic heterocycles. The van der Waals surface area contributed by atoms with Crippen molar-refractivity contribution in [2.24, 2.45) is 0 Å². The molecule has 1 saturated heterocycles. The number of ether oxygens (including phenoxy) is 3. The summed E-state index contributed by atoms with van der Waals surface area (Å²) in [6.07, 6.45) is 2.56. The van der Waals surface area contributed by atoms with Gasteiger partial charge in [0.05, 0.1) is 20.3 Å². The average Bonchev–Trinajstić information content (AvgIpc) is 3.15. The summed E-state index contributed by atoms with van der Waals surface area (Å²) in [5.41, 5.74) is 3.64. The number of carbonyl (C=O) groups is 1. The highest BCUT2D eigenvalue weighted by Gasteiger charge is 2.36. The molecule has 1 N–H and O–H groups in total. The molecule has 1 aliphatic rings. The lowest BCUT2D eigenvalue weighted by molar-refractivity contribution is 0.132. The number of hydrogen-bond donors (Lipinski definition) is 1. The second-order valence-corrected chi connectivity index (χ2v) is 6.43. The maximum Gasteiger partial charge on any atom is 0.408 e. The van der Waals surface area contributed by atoms with Crippen LogP contribution in [0.5, 0.6) is 11.5 Å². The van der Waals surface area contributed by atoms with Crippen molar-refractivity contribution in [2.45, 2.75) is 12.1 Å². The van der Waals surface area contributed by atoms with Crippen molar-refractivity contribution in [1.29, 1.82) is 0 Å². The second kappa shape index (κ2) is 7.60. The second-order valence-electron chi connectivity index (χ2n) is 6.43. The van der Waals surface area contributed by atoms with Crippen LogP contribution in [0.25, 0.3) is 11.1 Å². The molecule has 3 aromatic rings. The number of cyclic esters (lactones) is 1. The maximum atomic E-state index is 12.0. The molecule has 1 amide bonds. The minimum atomic E-state index is -0.450. The third-order valence-corrected chi connectivity index (χ3v) is 4.79. The Morgan fingerprint density at radius 2 is 1.82 bits per heavy atom. The van der Waals surface area contributed by atoms with Crippen molar-refractivity contribution in [3.63, 3.8) is 0 Å². The van der Waals surface area contributed by atoms with Gasteiger partial charge in [-0.15, -0.1) is 0 Å². The van der Waals surface area contributed by atoms with Crippen molar-refractivity contribution in [3.05, 3.63) is 78.1 Å². The Kier molecular flexibility index (Phi) is 4.85. The molecule has 2 atom stereocenters. The molecule has 0 spiro atoms. The lowest BCUT2D eigenvalue weighted by Crippen LogP contribution is -2.19. The fourth-order valence-electron chi connectivity index (χ4n) is 3.43. The lowest BCUT2D eigenvalue weighted by Gasteiger charge is -2.19. The minimum absolute atomic E-state index is 0.317. The molecule has 0 saturated carbocycles. The number of benzene rings is 2. The van der Waals surface area contributed by atoms with E-state index in [-0.39, 0.29) is 6.04 Å². The minimum Gasteiger partial charge on any atom is -0.497 e. The van der Waals surface area contributed by atoms with Crippen molar-refractivity contribution in [3.8, 4) is 22.6 Å². The Morgan fingerprint density at radius 1 is 1.00 bits per heavy atom. The van der Waals surface area contributed by atoms with Crippen LogP contribution < -0.4 is 14.8 Å². The van der Waals surface area contributed by atoms with E-state index in [9.17, 15) is 4.79 Å². The molecule has 142 valence electrons. The number of alkyl carbamates (subject to hydrolysis) is 1. The molecule has 1 aliphatic heterocycles. The van der Waals surface area contributed by atoms with Crippen LogP contribution in [0.2, 0.25) is 0 Å². The molecule has 0 unspecified atom stereocenters. The fraction of sp³-hybridized carbons (Fsp3) is 0.182. The first-order chi connectivity index (χ1) is 13.7. The summed E-state index contributed by atoms with van der Waals surface area (Å²) in [4.78, 5) is 16.2. The average molecular weight is 376 g/mol. The van der Waals surface area contributed by atoms with Gasteiger partial charge in [0, 0.05) is 18.0 Å². The highest BCUT2D eigenvalue weighted by molar-refractivity contribution is 5.73. The van der Waals surface area contributed by atoms with Crippen LogP contribution in [0.15, 0.2) is 67.0 Å². The number of aromatic nitrogens is 1. The molecule has 0 bridgehead atoms. The summed E-state index contributed by atoms with van der Waals surface area (Å²) in [5, 5.41) is 2.91. The third-order valence-electron chi connectivity index (χ3n) is 4.79. The number of carbonyl (C=O) groups excluding carboxylic acids is 1. The van der Waals surface area contributed by atoms with E-state index in [0.717, 1.165) is 28.0 Å². The quantitative estimate of drug-likeness (QED) is 0.719. The smallest absolute Gasteiger partial charge is 0.408 e. The van der Waals surface area contributed by atoms with Crippen molar-refractivity contribution >= 4 is 6.09 Å². The van der Waals surface area contributed by atoms with Crippen LogP contribution in [0, 0.1) is 0 Å². The van der Waals surface area contributed by atoms with Crippen molar-refractivity contribution in [2.75, 3.05) is 14.2 Å². The van der Waals surface area contributed by atoms with E-state index in [1.54, 1.807) is 26.6 Å². The van der Waals surface area contributed by atoms with Crippen LogP contribution in [0.1, 0.15) is 23.3 Å². The molecule has 4 rings (SSSR count). The predicted molar refractivity (Wildman–Crippen MR) is 104 cm³/mol. The summed E-state index contributed by atoms with van der Waals surface area (Å²) in [5.74, 6) is 1.45. The highest BCUT2D eigenvalue weighted by atomic mass is 16.6. The molecule has 28 heavy (non-hydrogen) atoms. The SMILES string of the molecule is COc1cccc([C@H]2OC(=O)N[C@@H]2c2cccc(-c3cnccc3OC)c2)c1. The summed E-state index contributed by atoms with van der Waals surface area (Å²) in [7, 11) is 3.24. The Labute approximate surface area is 163 Å². The van der Waals surface area contributed by atoms with E-state index < -0.39 is 12.2 Å². The molecule has 0 radical (unpaired) electrons. The number of nitrogens with zero attached hydrogens (tertiary/aromatic N) is 1. The number of methoxy groups -OCH3 is 2. The Balaban J connectivity index is 1.72. The summed E-state index contributed by atoms with van der Waals surface area (Å²) in [6, 6.07) is 17.0. The molecule has 0 aliphatic carbocycles. The number of rotatable bonds is 5. The normalized spacial score (nSPS) is 18.3. The predicted octanol–water partition coefficient (Wildman–Crippen LogP) is 4.29. The molecule has 2 aromatic carbocycles. The molecular formula is C22H20N2O4. The van der Waals surface area contributed by atoms with Gasteiger partial charge in [-0.05, 0) is 41.0 Å². The summed E-state index contributed by atoms with van der Waals surface area (Å²) in [6.45, 7) is 0. The van der Waals surface area contributed by atoms with Gasteiger partial charge in [0.1, 0.15) is 11.5 Å². The third kappa shape index (κ3) is 3.36. The molecule has 6 heteroatoms. The number of pyridine rings is 1. The van der Waals surface area contributed by atoms with Crippen LogP contribution in [-0.2, 0) is 4.74 Å². The Morgan fingerprint density at radius 3 is 2.64 bits per heavy atom. The van der Waals surface area contributed by atoms with Gasteiger partial charge in [-0.25, -0.2) is 4.79 Å². The monoisotopic (exact) mass is 376 g/mol. The molecule has 2 heterocycles. The molecule has 6 nitrogen and oxygen atoms in total. The summed E-state index contributed by atoms with van der Waals surface area (Å²) < 4.78 is 16.3. The molecular weight excluding hydrogens is 356 g/mol. The van der Waals surface area contributed by atoms with Gasteiger partial charge < -0.3 is 19.5 Å². The fourth-order valence-corrected chi connectivity index (χ4v) is 3.43. The van der Waals surface area contributed by atoms with E-state index in [1.165, 1.54) is 0 Å². The van der Waals surface area contributed by atoms with E-state index in [1.807, 2.05) is 54.6 Å². The maximum absolute atomic E-state index is 12.0. The van der Waals surface area contributed by atoms with Crippen LogP contribution in [-0.4, -0.2) is 25.3 Å². The number of hydrogen-bond acceptors (Lipinski definition) is 5. The van der Waals surface area contributed by atoms with Gasteiger partial charge in [0.25, 0.3) is 0 Å². The Bertz CT molecular complexity index is 1010. The zero-order valence-electron chi connectivity index (χ0n) is 15.6. The van der Waals surface area contributed by atoms with Gasteiger partial charge in [0.2, 0.25) is 0 Å². The van der Waals surface area contributed by atoms with E-state index in [0.29, 0.717) is 5.75 Å². The van der Waals surface area contributed by atoms with Crippen molar-refractivity contribution in [1.82, 2.24) is 10.3 Å². The van der Waals surface area contributed by atoms with Crippen LogP contribution in [0.4, 0.5) is 4.79 Å². The van der Waals surface area contributed by atoms with E-state index in [2.05, 4.69) is 10.3 Å². The first-order valence-corrected chi connectivity index (χ1v) is 8.89. The zero-order chi connectivity index (χ0) is 19.5. The van der Waals surface area contributed by atoms with Gasteiger partial charge in [-0.1, -0.05) is 30.3 Å². The Hall–Kier alpha value is -3.54. The topological polar surface area (TPSA) is 69.7 Å². The number of nitrogens with one attached hydrogen (secondary N) is 1. The molecule has 1 fully saturated rings. The van der Waals surface area contributed by atoms with Crippen molar-refractivity contribution < 1.29 is 19.0 Å². The highest BCUT2D eigenvalue weighted by Crippen LogP contribution is 2.39. The lowest BCUT2D eigenvalue weighted by atomic mass is 9.94. The first kappa shape index (κ1) is 17.9. The van der Waals surface area contributed by atoms with Crippen LogP contribution in [0.3, 0.4) is 0 Å². The van der Waals surface area contributed by atoms with Crippen LogP contribution >= 0.6 is 0 Å². The van der Waals surface area contributed by atoms with Gasteiger partial charge in [0.15, 0.2) is 6.10 Å². The standard InChI is InChI=1S/C22H20N2O4/c1-26-17-8-4-7-16(12-17)21-20(24-22(25)28-21)15-6-3-5-14(11-15)18-13-23-10-9-19(18)27-2/h3-13,20-21H,1-2H3,(H,24,25)/t20-,21-/m1/s1. The van der Waals surface area contributed by atoms with Gasteiger partial charge in [-0.2, -0.15) is 0 Å². The van der Waals surface area contributed by atoms with Gasteiger partial charge in [-0.3, -0.25) is 4.98 Å². The summed E-state index contributed by atoms with van der Waals surface area (Å²) >= 11 is 0. The first-order valence-electron chi connectivity index (χ1n) is 8.89. The number of amides is 1. The van der Waals surface area contributed by atoms with E-state index >= 15 is 0 Å². The van der Waals surface area contributed by atoms with E-state index in [4.69, 9.17) is 14.2 Å². The zero-order valence-corrected chi connectivity index (χ0v) is 15.6.